The molecule has 1 saturated heterocycles. The molecule has 1 aliphatic heterocycles. The van der Waals surface area contributed by atoms with E-state index in [1.807, 2.05) is 18.7 Å². The van der Waals surface area contributed by atoms with Gasteiger partial charge in [0, 0.05) is 25.3 Å². The number of piperidine rings is 1. The molecule has 104 valence electrons. The van der Waals surface area contributed by atoms with E-state index in [4.69, 9.17) is 0 Å². The lowest BCUT2D eigenvalue weighted by Gasteiger charge is -2.32. The van der Waals surface area contributed by atoms with Gasteiger partial charge in [0.2, 0.25) is 0 Å². The van der Waals surface area contributed by atoms with Crippen LogP contribution in [0.4, 0.5) is 0 Å². The first-order valence-corrected chi connectivity index (χ1v) is 7.01. The second kappa shape index (κ2) is 5.74. The molecule has 0 aliphatic carbocycles. The number of aliphatic hydroxyl groups excluding tert-OH is 1. The number of carbonyl (C=O) groups is 1. The summed E-state index contributed by atoms with van der Waals surface area (Å²) in [5.41, 5.74) is 4.13. The van der Waals surface area contributed by atoms with Crippen molar-refractivity contribution in [3.8, 4) is 0 Å². The van der Waals surface area contributed by atoms with Crippen molar-refractivity contribution < 1.29 is 9.90 Å². The SMILES string of the molecule is Cc1cc(C)c(C(=O)N2CCCC(CO)C2)c(C)c1. The molecule has 1 aromatic carbocycles. The van der Waals surface area contributed by atoms with Crippen molar-refractivity contribution in [2.75, 3.05) is 19.7 Å². The number of amides is 1. The van der Waals surface area contributed by atoms with Gasteiger partial charge in [0.15, 0.2) is 0 Å². The fourth-order valence-corrected chi connectivity index (χ4v) is 3.07. The normalized spacial score (nSPS) is 19.6. The molecule has 1 amide bonds. The van der Waals surface area contributed by atoms with Crippen molar-refractivity contribution in [3.63, 3.8) is 0 Å². The van der Waals surface area contributed by atoms with Gasteiger partial charge in [-0.1, -0.05) is 17.7 Å². The highest BCUT2D eigenvalue weighted by Crippen LogP contribution is 2.22. The van der Waals surface area contributed by atoms with Crippen LogP contribution in [-0.2, 0) is 0 Å². The van der Waals surface area contributed by atoms with Gasteiger partial charge in [0.1, 0.15) is 0 Å². The molecular weight excluding hydrogens is 238 g/mol. The summed E-state index contributed by atoms with van der Waals surface area (Å²) in [6, 6.07) is 4.13. The minimum absolute atomic E-state index is 0.119. The third-order valence-corrected chi connectivity index (χ3v) is 3.96. The van der Waals surface area contributed by atoms with E-state index in [-0.39, 0.29) is 18.4 Å². The van der Waals surface area contributed by atoms with Gasteiger partial charge in [-0.15, -0.1) is 0 Å². The number of aryl methyl sites for hydroxylation is 3. The van der Waals surface area contributed by atoms with E-state index in [9.17, 15) is 9.90 Å². The molecule has 0 spiro atoms. The topological polar surface area (TPSA) is 40.5 Å². The Hall–Kier alpha value is -1.35. The Labute approximate surface area is 115 Å². The maximum absolute atomic E-state index is 12.7. The van der Waals surface area contributed by atoms with E-state index in [1.165, 1.54) is 5.56 Å². The molecular formula is C16H23NO2. The second-order valence-electron chi connectivity index (χ2n) is 5.72. The highest BCUT2D eigenvalue weighted by molar-refractivity contribution is 5.97. The Morgan fingerprint density at radius 1 is 1.32 bits per heavy atom. The van der Waals surface area contributed by atoms with Crippen LogP contribution in [0, 0.1) is 26.7 Å². The molecule has 1 fully saturated rings. The lowest BCUT2D eigenvalue weighted by Crippen LogP contribution is -2.41. The summed E-state index contributed by atoms with van der Waals surface area (Å²) < 4.78 is 0. The summed E-state index contributed by atoms with van der Waals surface area (Å²) in [4.78, 5) is 14.6. The Bertz CT molecular complexity index is 459. The number of nitrogens with zero attached hydrogens (tertiary/aromatic N) is 1. The number of hydrogen-bond donors (Lipinski definition) is 1. The smallest absolute Gasteiger partial charge is 0.254 e. The standard InChI is InChI=1S/C16H23NO2/c1-11-7-12(2)15(13(3)8-11)16(19)17-6-4-5-14(9-17)10-18/h7-8,14,18H,4-6,9-10H2,1-3H3. The molecule has 1 unspecified atom stereocenters. The predicted octanol–water partition coefficient (Wildman–Crippen LogP) is 2.46. The van der Waals surface area contributed by atoms with Gasteiger partial charge in [-0.3, -0.25) is 4.79 Å². The molecule has 19 heavy (non-hydrogen) atoms. The molecule has 3 heteroatoms. The van der Waals surface area contributed by atoms with Crippen molar-refractivity contribution in [1.29, 1.82) is 0 Å². The van der Waals surface area contributed by atoms with Gasteiger partial charge in [0.25, 0.3) is 5.91 Å². The van der Waals surface area contributed by atoms with Crippen LogP contribution in [0.3, 0.4) is 0 Å². The van der Waals surface area contributed by atoms with Gasteiger partial charge in [-0.05, 0) is 50.7 Å². The number of benzene rings is 1. The van der Waals surface area contributed by atoms with Crippen LogP contribution in [0.5, 0.6) is 0 Å². The third kappa shape index (κ3) is 2.98. The summed E-state index contributed by atoms with van der Waals surface area (Å²) in [5, 5.41) is 9.27. The summed E-state index contributed by atoms with van der Waals surface area (Å²) in [6.45, 7) is 7.72. The molecule has 0 radical (unpaired) electrons. The van der Waals surface area contributed by atoms with Crippen LogP contribution < -0.4 is 0 Å². The minimum Gasteiger partial charge on any atom is -0.396 e. The van der Waals surface area contributed by atoms with Crippen LogP contribution in [0.15, 0.2) is 12.1 Å². The van der Waals surface area contributed by atoms with E-state index >= 15 is 0 Å². The van der Waals surface area contributed by atoms with Gasteiger partial charge in [0.05, 0.1) is 0 Å². The van der Waals surface area contributed by atoms with E-state index in [0.717, 1.165) is 36.1 Å². The van der Waals surface area contributed by atoms with Crippen LogP contribution in [-0.4, -0.2) is 35.6 Å². The molecule has 1 heterocycles. The number of hydrogen-bond acceptors (Lipinski definition) is 2. The minimum atomic E-state index is 0.119. The van der Waals surface area contributed by atoms with E-state index in [1.54, 1.807) is 0 Å². The summed E-state index contributed by atoms with van der Waals surface area (Å²) in [5.74, 6) is 0.358. The summed E-state index contributed by atoms with van der Waals surface area (Å²) >= 11 is 0. The van der Waals surface area contributed by atoms with Gasteiger partial charge < -0.3 is 10.0 Å². The largest absolute Gasteiger partial charge is 0.396 e. The quantitative estimate of drug-likeness (QED) is 0.888. The Kier molecular flexibility index (Phi) is 4.25. The Morgan fingerprint density at radius 3 is 2.53 bits per heavy atom. The first-order chi connectivity index (χ1) is 9.02. The van der Waals surface area contributed by atoms with Crippen LogP contribution >= 0.6 is 0 Å². The van der Waals surface area contributed by atoms with Crippen molar-refractivity contribution in [2.45, 2.75) is 33.6 Å². The fourth-order valence-electron chi connectivity index (χ4n) is 3.07. The van der Waals surface area contributed by atoms with E-state index < -0.39 is 0 Å². The molecule has 1 aliphatic rings. The summed E-state index contributed by atoms with van der Waals surface area (Å²) in [6.07, 6.45) is 2.01. The van der Waals surface area contributed by atoms with Crippen LogP contribution in [0.2, 0.25) is 0 Å². The zero-order valence-electron chi connectivity index (χ0n) is 12.1. The van der Waals surface area contributed by atoms with E-state index in [2.05, 4.69) is 19.1 Å². The number of rotatable bonds is 2. The third-order valence-electron chi connectivity index (χ3n) is 3.96. The van der Waals surface area contributed by atoms with Crippen LogP contribution in [0.25, 0.3) is 0 Å². The average Bonchev–Trinajstić information content (AvgIpc) is 2.37. The number of carbonyl (C=O) groups excluding carboxylic acids is 1. The van der Waals surface area contributed by atoms with Gasteiger partial charge >= 0.3 is 0 Å². The molecule has 2 rings (SSSR count). The summed E-state index contributed by atoms with van der Waals surface area (Å²) in [7, 11) is 0. The lowest BCUT2D eigenvalue weighted by molar-refractivity contribution is 0.0619. The Morgan fingerprint density at radius 2 is 1.95 bits per heavy atom. The number of aliphatic hydroxyl groups is 1. The van der Waals surface area contributed by atoms with Crippen molar-refractivity contribution in [1.82, 2.24) is 4.90 Å². The molecule has 1 atom stereocenters. The molecule has 1 N–H and O–H groups in total. The first kappa shape index (κ1) is 14.1. The molecule has 3 nitrogen and oxygen atoms in total. The highest BCUT2D eigenvalue weighted by atomic mass is 16.3. The zero-order chi connectivity index (χ0) is 14.0. The molecule has 1 aromatic rings. The fraction of sp³-hybridized carbons (Fsp3) is 0.562. The van der Waals surface area contributed by atoms with Crippen molar-refractivity contribution in [2.24, 2.45) is 5.92 Å². The maximum atomic E-state index is 12.7. The second-order valence-corrected chi connectivity index (χ2v) is 5.72. The van der Waals surface area contributed by atoms with Gasteiger partial charge in [-0.2, -0.15) is 0 Å². The maximum Gasteiger partial charge on any atom is 0.254 e. The molecule has 0 aromatic heterocycles. The van der Waals surface area contributed by atoms with Gasteiger partial charge in [-0.25, -0.2) is 0 Å². The highest BCUT2D eigenvalue weighted by Gasteiger charge is 2.25. The van der Waals surface area contributed by atoms with Crippen molar-refractivity contribution >= 4 is 5.91 Å². The predicted molar refractivity (Wildman–Crippen MR) is 76.4 cm³/mol. The van der Waals surface area contributed by atoms with Crippen molar-refractivity contribution in [3.05, 3.63) is 34.4 Å². The Balaban J connectivity index is 2.24. The molecule has 0 saturated carbocycles. The van der Waals surface area contributed by atoms with Crippen LogP contribution in [0.1, 0.15) is 39.9 Å². The lowest BCUT2D eigenvalue weighted by atomic mass is 9.95. The molecule has 0 bridgehead atoms. The zero-order valence-corrected chi connectivity index (χ0v) is 12.1. The number of likely N-dealkylation sites (tertiary alicyclic amines) is 1. The monoisotopic (exact) mass is 261 g/mol. The van der Waals surface area contributed by atoms with E-state index in [0.29, 0.717) is 6.54 Å². The first-order valence-electron chi connectivity index (χ1n) is 7.01. The average molecular weight is 261 g/mol.